The molecule has 0 spiro atoms. The molecule has 0 aromatic heterocycles. The van der Waals surface area contributed by atoms with E-state index in [1.54, 1.807) is 0 Å². The lowest BCUT2D eigenvalue weighted by molar-refractivity contribution is -0.136. The van der Waals surface area contributed by atoms with Crippen molar-refractivity contribution in [1.82, 2.24) is 0 Å². The van der Waals surface area contributed by atoms with Gasteiger partial charge in [0, 0.05) is 12.0 Å². The Morgan fingerprint density at radius 3 is 2.21 bits per heavy atom. The average molecular weight is 286 g/mol. The fourth-order valence-corrected chi connectivity index (χ4v) is 2.07. The maximum atomic E-state index is 12.7. The van der Waals surface area contributed by atoms with Gasteiger partial charge in [-0.15, -0.1) is 11.8 Å². The van der Waals surface area contributed by atoms with Gasteiger partial charge in [0.2, 0.25) is 0 Å². The number of Topliss-reactive ketones (excluding diaryl/α,β-unsaturated/α-hetero) is 1. The van der Waals surface area contributed by atoms with Crippen molar-refractivity contribution in [2.24, 2.45) is 0 Å². The summed E-state index contributed by atoms with van der Waals surface area (Å²) in [7, 11) is 0. The lowest BCUT2D eigenvalue weighted by Crippen LogP contribution is -2.22. The van der Waals surface area contributed by atoms with Crippen LogP contribution in [0.4, 0.5) is 4.39 Å². The van der Waals surface area contributed by atoms with Gasteiger partial charge in [0.1, 0.15) is 11.1 Å². The number of hydrogen-bond donors (Lipinski definition) is 2. The van der Waals surface area contributed by atoms with Crippen LogP contribution in [0.25, 0.3) is 0 Å². The number of hydrogen-bond acceptors (Lipinski definition) is 4. The van der Waals surface area contributed by atoms with Gasteiger partial charge >= 0.3 is 11.9 Å². The van der Waals surface area contributed by atoms with E-state index in [2.05, 4.69) is 0 Å². The van der Waals surface area contributed by atoms with E-state index in [0.717, 1.165) is 12.1 Å². The molecule has 1 aromatic rings. The topological polar surface area (TPSA) is 91.7 Å². The summed E-state index contributed by atoms with van der Waals surface area (Å²) in [5.74, 6) is -3.75. The second-order valence-electron chi connectivity index (χ2n) is 3.67. The molecule has 1 aromatic carbocycles. The van der Waals surface area contributed by atoms with Crippen molar-refractivity contribution in [2.45, 2.75) is 11.7 Å². The number of rotatable bonds is 7. The van der Waals surface area contributed by atoms with Crippen LogP contribution < -0.4 is 0 Å². The van der Waals surface area contributed by atoms with E-state index < -0.39 is 34.5 Å². The van der Waals surface area contributed by atoms with Crippen molar-refractivity contribution in [2.75, 3.05) is 5.75 Å². The molecule has 0 aliphatic heterocycles. The van der Waals surface area contributed by atoms with Gasteiger partial charge in [-0.25, -0.2) is 4.39 Å². The normalized spacial score (nSPS) is 11.8. The Labute approximate surface area is 112 Å². The van der Waals surface area contributed by atoms with Crippen molar-refractivity contribution in [1.29, 1.82) is 0 Å². The number of carboxylic acids is 2. The molecule has 0 unspecified atom stereocenters. The van der Waals surface area contributed by atoms with Crippen molar-refractivity contribution in [3.05, 3.63) is 35.6 Å². The highest BCUT2D eigenvalue weighted by Gasteiger charge is 2.23. The summed E-state index contributed by atoms with van der Waals surface area (Å²) in [6, 6.07) is 4.73. The number of ketones is 1. The Hall–Kier alpha value is -1.89. The van der Waals surface area contributed by atoms with Crippen molar-refractivity contribution in [3.8, 4) is 0 Å². The van der Waals surface area contributed by atoms with E-state index in [9.17, 15) is 18.8 Å². The smallest absolute Gasteiger partial charge is 0.317 e. The van der Waals surface area contributed by atoms with Gasteiger partial charge in [-0.2, -0.15) is 0 Å². The van der Waals surface area contributed by atoms with E-state index >= 15 is 0 Å². The maximum absolute atomic E-state index is 12.7. The Morgan fingerprint density at radius 1 is 1.16 bits per heavy atom. The minimum atomic E-state index is -1.25. The molecule has 2 N–H and O–H groups in total. The molecule has 0 saturated heterocycles. The minimum Gasteiger partial charge on any atom is -0.481 e. The fraction of sp³-hybridized carbons (Fsp3) is 0.250. The first-order chi connectivity index (χ1) is 8.90. The molecule has 0 aliphatic rings. The van der Waals surface area contributed by atoms with Gasteiger partial charge in [-0.1, -0.05) is 0 Å². The lowest BCUT2D eigenvalue weighted by Gasteiger charge is -2.09. The molecule has 0 amide bonds. The molecule has 1 atom stereocenters. The standard InChI is InChI=1S/C12H11FO5S/c13-8-3-1-7(2-4-8)9(14)5-10(12(17)18)19-6-11(15)16/h1-4,10H,5-6H2,(H,15,16)(H,17,18)/t10-/m0/s1. The second kappa shape index (κ2) is 6.89. The van der Waals surface area contributed by atoms with Crippen LogP contribution in [-0.4, -0.2) is 38.9 Å². The van der Waals surface area contributed by atoms with Crippen LogP contribution in [0.1, 0.15) is 16.8 Å². The third-order valence-corrected chi connectivity index (χ3v) is 3.40. The van der Waals surface area contributed by atoms with E-state index in [0.29, 0.717) is 11.8 Å². The third-order valence-electron chi connectivity index (χ3n) is 2.22. The van der Waals surface area contributed by atoms with Gasteiger partial charge < -0.3 is 10.2 Å². The molecular formula is C12H11FO5S. The molecule has 1 rings (SSSR count). The summed E-state index contributed by atoms with van der Waals surface area (Å²) in [5.41, 5.74) is 0.198. The summed E-state index contributed by atoms with van der Waals surface area (Å²) in [6.07, 6.45) is -0.334. The number of carbonyl (C=O) groups is 3. The van der Waals surface area contributed by atoms with Crippen LogP contribution in [0.2, 0.25) is 0 Å². The van der Waals surface area contributed by atoms with Gasteiger partial charge in [-0.05, 0) is 24.3 Å². The van der Waals surface area contributed by atoms with E-state index in [-0.39, 0.29) is 12.0 Å². The Morgan fingerprint density at radius 2 is 1.74 bits per heavy atom. The van der Waals surface area contributed by atoms with Crippen molar-refractivity contribution < 1.29 is 29.0 Å². The lowest BCUT2D eigenvalue weighted by atomic mass is 10.1. The molecular weight excluding hydrogens is 275 g/mol. The number of carbonyl (C=O) groups excluding carboxylic acids is 1. The second-order valence-corrected chi connectivity index (χ2v) is 4.86. The predicted octanol–water partition coefficient (Wildman–Crippen LogP) is 1.67. The average Bonchev–Trinajstić information content (AvgIpc) is 2.34. The molecule has 7 heteroatoms. The first-order valence-corrected chi connectivity index (χ1v) is 6.30. The summed E-state index contributed by atoms with van der Waals surface area (Å²) in [6.45, 7) is 0. The van der Waals surface area contributed by atoms with Gasteiger partial charge in [-0.3, -0.25) is 14.4 Å². The molecule has 5 nitrogen and oxygen atoms in total. The Bertz CT molecular complexity index is 485. The Kier molecular flexibility index (Phi) is 5.50. The van der Waals surface area contributed by atoms with Crippen LogP contribution in [0.15, 0.2) is 24.3 Å². The minimum absolute atomic E-state index is 0.198. The zero-order valence-electron chi connectivity index (χ0n) is 9.71. The first kappa shape index (κ1) is 15.2. The zero-order chi connectivity index (χ0) is 14.4. The monoisotopic (exact) mass is 286 g/mol. The van der Waals surface area contributed by atoms with Gasteiger partial charge in [0.25, 0.3) is 0 Å². The highest BCUT2D eigenvalue weighted by molar-refractivity contribution is 8.01. The Balaban J connectivity index is 2.68. The first-order valence-electron chi connectivity index (χ1n) is 5.25. The molecule has 0 aliphatic carbocycles. The van der Waals surface area contributed by atoms with Crippen molar-refractivity contribution >= 4 is 29.5 Å². The summed E-state index contributed by atoms with van der Waals surface area (Å²) in [5, 5.41) is 16.3. The highest BCUT2D eigenvalue weighted by Crippen LogP contribution is 2.18. The number of halogens is 1. The van der Waals surface area contributed by atoms with Gasteiger partial charge in [0.15, 0.2) is 5.78 Å². The number of thioether (sulfide) groups is 1. The van der Waals surface area contributed by atoms with Crippen LogP contribution in [-0.2, 0) is 9.59 Å². The van der Waals surface area contributed by atoms with Crippen LogP contribution in [0.5, 0.6) is 0 Å². The predicted molar refractivity (Wildman–Crippen MR) is 66.9 cm³/mol. The molecule has 0 heterocycles. The summed E-state index contributed by atoms with van der Waals surface area (Å²) >= 11 is 0.670. The number of aliphatic carboxylic acids is 2. The summed E-state index contributed by atoms with van der Waals surface area (Å²) in [4.78, 5) is 33.1. The van der Waals surface area contributed by atoms with Gasteiger partial charge in [0.05, 0.1) is 5.75 Å². The largest absolute Gasteiger partial charge is 0.481 e. The third kappa shape index (κ3) is 5.09. The fourth-order valence-electron chi connectivity index (χ4n) is 1.31. The zero-order valence-corrected chi connectivity index (χ0v) is 10.5. The number of carboxylic acid groups (broad SMARTS) is 2. The summed E-state index contributed by atoms with van der Waals surface area (Å²) < 4.78 is 12.7. The van der Waals surface area contributed by atoms with E-state index in [1.165, 1.54) is 12.1 Å². The van der Waals surface area contributed by atoms with Crippen LogP contribution in [0.3, 0.4) is 0 Å². The maximum Gasteiger partial charge on any atom is 0.317 e. The molecule has 19 heavy (non-hydrogen) atoms. The SMILES string of the molecule is O=C(O)CS[C@@H](CC(=O)c1ccc(F)cc1)C(=O)O. The molecule has 102 valence electrons. The molecule has 0 saturated carbocycles. The molecule has 0 bridgehead atoms. The van der Waals surface area contributed by atoms with E-state index in [1.807, 2.05) is 0 Å². The number of benzene rings is 1. The molecule has 0 radical (unpaired) electrons. The van der Waals surface area contributed by atoms with E-state index in [4.69, 9.17) is 10.2 Å². The van der Waals surface area contributed by atoms with Crippen molar-refractivity contribution in [3.63, 3.8) is 0 Å². The van der Waals surface area contributed by atoms with Crippen LogP contribution >= 0.6 is 11.8 Å². The molecule has 0 fully saturated rings. The quantitative estimate of drug-likeness (QED) is 0.741. The highest BCUT2D eigenvalue weighted by atomic mass is 32.2. The van der Waals surface area contributed by atoms with Crippen LogP contribution in [0, 0.1) is 5.82 Å².